The summed E-state index contributed by atoms with van der Waals surface area (Å²) in [6.45, 7) is 0. The minimum absolute atomic E-state index is 0. The average Bonchev–Trinajstić information content (AvgIpc) is 1.85. The predicted octanol–water partition coefficient (Wildman–Crippen LogP) is -1.16. The molecule has 1 aromatic carbocycles. The van der Waals surface area contributed by atoms with E-state index in [4.69, 9.17) is 28.7 Å². The minimum atomic E-state index is 0. The molecule has 0 fully saturated rings. The molecule has 0 aliphatic heterocycles. The van der Waals surface area contributed by atoms with E-state index in [2.05, 4.69) is 5.11 Å². The van der Waals surface area contributed by atoms with Crippen LogP contribution < -0.4 is 17.9 Å². The molecule has 0 bridgehead atoms. The molecule has 0 spiro atoms. The van der Waals surface area contributed by atoms with Crippen LogP contribution in [-0.2, 0) is 0 Å². The SMILES string of the molecule is [Cl-].[NH2+]=Nc1cc(Cl)cc(Cl)c1. The number of nitrogens with zero attached hydrogens (tertiary/aromatic N) is 1. The van der Waals surface area contributed by atoms with Crippen LogP contribution in [0.5, 0.6) is 0 Å². The molecule has 11 heavy (non-hydrogen) atoms. The van der Waals surface area contributed by atoms with Crippen LogP contribution in [-0.4, -0.2) is 0 Å². The second kappa shape index (κ2) is 4.54. The topological polar surface area (TPSA) is 38.0 Å². The fourth-order valence-electron chi connectivity index (χ4n) is 0.614. The van der Waals surface area contributed by atoms with Gasteiger partial charge in [0.05, 0.1) is 0 Å². The molecule has 60 valence electrons. The number of halogens is 3. The first-order chi connectivity index (χ1) is 4.72. The van der Waals surface area contributed by atoms with E-state index >= 15 is 0 Å². The van der Waals surface area contributed by atoms with E-state index < -0.39 is 0 Å². The van der Waals surface area contributed by atoms with Crippen molar-refractivity contribution in [3.05, 3.63) is 28.2 Å². The Kier molecular flexibility index (Phi) is 4.42. The highest BCUT2D eigenvalue weighted by Gasteiger charge is 1.96. The number of hydrogen-bond acceptors (Lipinski definition) is 1. The quantitative estimate of drug-likeness (QED) is 0.569. The largest absolute Gasteiger partial charge is 1.00 e. The fraction of sp³-hybridized carbons (Fsp3) is 0. The summed E-state index contributed by atoms with van der Waals surface area (Å²) in [7, 11) is 0. The molecule has 0 atom stereocenters. The third-order valence-electron chi connectivity index (χ3n) is 0.996. The predicted molar refractivity (Wildman–Crippen MR) is 40.5 cm³/mol. The molecule has 0 heterocycles. The van der Waals surface area contributed by atoms with E-state index in [1.165, 1.54) is 0 Å². The molecular formula is C6H5Cl3N2. The van der Waals surface area contributed by atoms with Crippen molar-refractivity contribution in [1.29, 1.82) is 0 Å². The third kappa shape index (κ3) is 3.06. The van der Waals surface area contributed by atoms with Crippen molar-refractivity contribution < 1.29 is 17.9 Å². The molecule has 0 aliphatic rings. The van der Waals surface area contributed by atoms with Crippen molar-refractivity contribution in [2.45, 2.75) is 0 Å². The van der Waals surface area contributed by atoms with Gasteiger partial charge in [0.15, 0.2) is 0 Å². The monoisotopic (exact) mass is 210 g/mol. The highest BCUT2D eigenvalue weighted by molar-refractivity contribution is 6.35. The molecule has 1 aromatic rings. The molecule has 0 amide bonds. The Morgan fingerprint density at radius 2 is 1.55 bits per heavy atom. The highest BCUT2D eigenvalue weighted by Crippen LogP contribution is 2.23. The molecule has 5 heteroatoms. The lowest BCUT2D eigenvalue weighted by Gasteiger charge is -1.91. The average molecular weight is 211 g/mol. The summed E-state index contributed by atoms with van der Waals surface area (Å²) in [4.78, 5) is 0. The van der Waals surface area contributed by atoms with Crippen LogP contribution in [0.25, 0.3) is 0 Å². The number of nitrogens with two attached hydrogens (primary N) is 1. The van der Waals surface area contributed by atoms with Gasteiger partial charge in [-0.05, 0) is 23.3 Å². The van der Waals surface area contributed by atoms with Crippen LogP contribution in [0.4, 0.5) is 5.69 Å². The Balaban J connectivity index is 0.000001000. The molecule has 0 saturated carbocycles. The van der Waals surface area contributed by atoms with Crippen LogP contribution in [0.15, 0.2) is 23.3 Å². The van der Waals surface area contributed by atoms with Gasteiger partial charge in [-0.3, -0.25) is 0 Å². The summed E-state index contributed by atoms with van der Waals surface area (Å²) in [6.07, 6.45) is 0. The van der Waals surface area contributed by atoms with E-state index in [0.717, 1.165) is 0 Å². The Bertz CT molecular complexity index is 242. The summed E-state index contributed by atoms with van der Waals surface area (Å²) in [5, 5.41) is 4.50. The van der Waals surface area contributed by atoms with Crippen LogP contribution in [0.3, 0.4) is 0 Å². The first kappa shape index (κ1) is 10.7. The first-order valence-electron chi connectivity index (χ1n) is 2.59. The van der Waals surface area contributed by atoms with Gasteiger partial charge in [0.1, 0.15) is 5.69 Å². The molecule has 2 N–H and O–H groups in total. The maximum absolute atomic E-state index is 5.63. The van der Waals surface area contributed by atoms with Gasteiger partial charge in [-0.2, -0.15) is 5.53 Å². The Morgan fingerprint density at radius 1 is 1.09 bits per heavy atom. The highest BCUT2D eigenvalue weighted by atomic mass is 35.5. The number of rotatable bonds is 1. The van der Waals surface area contributed by atoms with E-state index in [1.807, 2.05) is 0 Å². The second-order valence-corrected chi connectivity index (χ2v) is 2.63. The van der Waals surface area contributed by atoms with Gasteiger partial charge in [0.25, 0.3) is 0 Å². The van der Waals surface area contributed by atoms with Gasteiger partial charge in [-0.15, -0.1) is 0 Å². The molecular weight excluding hydrogens is 206 g/mol. The number of hydrogen-bond donors (Lipinski definition) is 1. The normalized spacial score (nSPS) is 8.55. The van der Waals surface area contributed by atoms with Crippen LogP contribution in [0.2, 0.25) is 10.0 Å². The summed E-state index contributed by atoms with van der Waals surface area (Å²) in [5.74, 6) is 0. The van der Waals surface area contributed by atoms with Crippen LogP contribution in [0, 0.1) is 0 Å². The summed E-state index contributed by atoms with van der Waals surface area (Å²) in [6, 6.07) is 4.89. The van der Waals surface area contributed by atoms with Crippen LogP contribution >= 0.6 is 23.2 Å². The Labute approximate surface area is 80.4 Å². The standard InChI is InChI=1S/C6H4Cl2N2.ClH/c7-4-1-5(8)3-6(2-4)10-9;/h1-3,9H;1H. The summed E-state index contributed by atoms with van der Waals surface area (Å²) >= 11 is 11.3. The Morgan fingerprint density at radius 3 is 1.91 bits per heavy atom. The smallest absolute Gasteiger partial charge is 0.132 e. The second-order valence-electron chi connectivity index (χ2n) is 1.76. The molecule has 0 radical (unpaired) electrons. The van der Waals surface area contributed by atoms with Crippen molar-refractivity contribution in [3.63, 3.8) is 0 Å². The van der Waals surface area contributed by atoms with Gasteiger partial charge < -0.3 is 12.4 Å². The maximum Gasteiger partial charge on any atom is 0.132 e. The summed E-state index contributed by atoms with van der Waals surface area (Å²) in [5.41, 5.74) is 5.58. The zero-order chi connectivity index (χ0) is 7.56. The molecule has 0 saturated heterocycles. The van der Waals surface area contributed by atoms with Gasteiger partial charge in [0.2, 0.25) is 0 Å². The third-order valence-corrected chi connectivity index (χ3v) is 1.43. The van der Waals surface area contributed by atoms with Gasteiger partial charge >= 0.3 is 0 Å². The van der Waals surface area contributed by atoms with Crippen molar-refractivity contribution in [1.82, 2.24) is 0 Å². The van der Waals surface area contributed by atoms with E-state index in [-0.39, 0.29) is 12.4 Å². The lowest BCUT2D eigenvalue weighted by Crippen LogP contribution is -3.00. The summed E-state index contributed by atoms with van der Waals surface area (Å²) < 4.78 is 0. The fourth-order valence-corrected chi connectivity index (χ4v) is 1.13. The minimum Gasteiger partial charge on any atom is -1.00 e. The zero-order valence-corrected chi connectivity index (χ0v) is 7.66. The molecule has 2 nitrogen and oxygen atoms in total. The van der Waals surface area contributed by atoms with Crippen molar-refractivity contribution in [2.75, 3.05) is 0 Å². The molecule has 1 rings (SSSR count). The molecule has 0 aliphatic carbocycles. The van der Waals surface area contributed by atoms with Gasteiger partial charge in [-0.1, -0.05) is 23.2 Å². The zero-order valence-electron chi connectivity index (χ0n) is 5.39. The molecule has 0 unspecified atom stereocenters. The van der Waals surface area contributed by atoms with Crippen molar-refractivity contribution in [3.8, 4) is 0 Å². The lowest BCUT2D eigenvalue weighted by atomic mass is 10.3. The van der Waals surface area contributed by atoms with Crippen LogP contribution in [0.1, 0.15) is 0 Å². The lowest BCUT2D eigenvalue weighted by molar-refractivity contribution is -0.210. The first-order valence-corrected chi connectivity index (χ1v) is 3.35. The number of benzene rings is 1. The van der Waals surface area contributed by atoms with Crippen molar-refractivity contribution in [2.24, 2.45) is 5.11 Å². The maximum atomic E-state index is 5.63. The van der Waals surface area contributed by atoms with E-state index in [1.54, 1.807) is 18.2 Å². The van der Waals surface area contributed by atoms with E-state index in [0.29, 0.717) is 15.7 Å². The van der Waals surface area contributed by atoms with Crippen molar-refractivity contribution >= 4 is 28.9 Å². The molecule has 0 aromatic heterocycles. The van der Waals surface area contributed by atoms with Gasteiger partial charge in [0, 0.05) is 10.0 Å². The van der Waals surface area contributed by atoms with Gasteiger partial charge in [-0.25, -0.2) is 0 Å². The Hall–Kier alpha value is -0.310. The van der Waals surface area contributed by atoms with E-state index in [9.17, 15) is 0 Å².